The molecule has 1 saturated heterocycles. The molecule has 1 heteroatoms. The van der Waals surface area contributed by atoms with Crippen LogP contribution in [0.4, 0.5) is 0 Å². The largest absolute Gasteiger partial charge is 0.305 e. The van der Waals surface area contributed by atoms with E-state index in [1.165, 1.54) is 32.4 Å². The third-order valence-corrected chi connectivity index (χ3v) is 5.86. The number of nitrogens with zero attached hydrogens (tertiary/aromatic N) is 1. The van der Waals surface area contributed by atoms with E-state index in [1.54, 1.807) is 22.3 Å². The average molecular weight is 300 g/mol. The third kappa shape index (κ3) is 2.42. The van der Waals surface area contributed by atoms with E-state index < -0.39 is 0 Å². The summed E-state index contributed by atoms with van der Waals surface area (Å²) in [4.78, 5) is 2.53. The first-order valence-electron chi connectivity index (χ1n) is 8.90. The Kier molecular flexibility index (Phi) is 3.53. The van der Waals surface area contributed by atoms with Crippen LogP contribution in [0.1, 0.15) is 76.6 Å². The van der Waals surface area contributed by atoms with Gasteiger partial charge >= 0.3 is 0 Å². The van der Waals surface area contributed by atoms with Crippen molar-refractivity contribution >= 4 is 0 Å². The number of rotatable bonds is 0. The molecule has 0 N–H and O–H groups in total. The maximum atomic E-state index is 2.53. The highest BCUT2D eigenvalue weighted by Gasteiger charge is 2.46. The molecule has 1 fully saturated rings. The zero-order valence-electron chi connectivity index (χ0n) is 15.6. The molecule has 0 bridgehead atoms. The lowest BCUT2D eigenvalue weighted by Crippen LogP contribution is -2.31. The summed E-state index contributed by atoms with van der Waals surface area (Å²) < 4.78 is 0. The van der Waals surface area contributed by atoms with Crippen molar-refractivity contribution in [2.45, 2.75) is 77.0 Å². The van der Waals surface area contributed by atoms with Crippen LogP contribution in [0.5, 0.6) is 0 Å². The van der Waals surface area contributed by atoms with Crippen molar-refractivity contribution in [2.75, 3.05) is 20.1 Å². The van der Waals surface area contributed by atoms with E-state index in [0.29, 0.717) is 5.41 Å². The topological polar surface area (TPSA) is 3.24 Å². The Hall–Kier alpha value is -0.820. The molecule has 1 aromatic rings. The zero-order valence-corrected chi connectivity index (χ0v) is 15.6. The molecule has 1 unspecified atom stereocenters. The van der Waals surface area contributed by atoms with Gasteiger partial charge in [-0.3, -0.25) is 0 Å². The first-order chi connectivity index (χ1) is 10.0. The van der Waals surface area contributed by atoms with Crippen molar-refractivity contribution < 1.29 is 0 Å². The summed E-state index contributed by atoms with van der Waals surface area (Å²) in [5.74, 6) is 0. The fraction of sp³-hybridized carbons (Fsp3) is 0.714. The van der Waals surface area contributed by atoms with Gasteiger partial charge in [0.15, 0.2) is 0 Å². The van der Waals surface area contributed by atoms with Crippen LogP contribution in [0.2, 0.25) is 0 Å². The van der Waals surface area contributed by atoms with Gasteiger partial charge in [-0.25, -0.2) is 0 Å². The Morgan fingerprint density at radius 3 is 2.00 bits per heavy atom. The first-order valence-corrected chi connectivity index (χ1v) is 8.90. The number of likely N-dealkylation sites (tertiary alicyclic amines) is 1. The van der Waals surface area contributed by atoms with Crippen LogP contribution in [-0.2, 0) is 22.7 Å². The first kappa shape index (κ1) is 16.1. The number of hydrogen-bond acceptors (Lipinski definition) is 1. The van der Waals surface area contributed by atoms with Crippen LogP contribution in [0.3, 0.4) is 0 Å². The van der Waals surface area contributed by atoms with Gasteiger partial charge in [-0.1, -0.05) is 53.7 Å². The fourth-order valence-electron chi connectivity index (χ4n) is 4.82. The Morgan fingerprint density at radius 1 is 0.909 bits per heavy atom. The SMILES string of the molecule is CN1CCC2(CCc3c(C(C)(C)C)ccc(C(C)(C)C)c32)C1. The van der Waals surface area contributed by atoms with Crippen LogP contribution in [0, 0.1) is 0 Å². The monoisotopic (exact) mass is 299 g/mol. The van der Waals surface area contributed by atoms with E-state index in [9.17, 15) is 0 Å². The minimum absolute atomic E-state index is 0.235. The maximum absolute atomic E-state index is 2.53. The van der Waals surface area contributed by atoms with Crippen molar-refractivity contribution in [3.8, 4) is 0 Å². The second-order valence-electron chi connectivity index (χ2n) is 9.78. The number of likely N-dealkylation sites (N-methyl/N-ethyl adjacent to an activating group) is 1. The number of fused-ring (bicyclic) bond motifs is 2. The second kappa shape index (κ2) is 4.84. The molecule has 1 atom stereocenters. The minimum atomic E-state index is 0.235. The summed E-state index contributed by atoms with van der Waals surface area (Å²) in [5.41, 5.74) is 7.51. The molecule has 122 valence electrons. The van der Waals surface area contributed by atoms with Crippen LogP contribution in [0.15, 0.2) is 12.1 Å². The predicted molar refractivity (Wildman–Crippen MR) is 96.0 cm³/mol. The summed E-state index contributed by atoms with van der Waals surface area (Å²) in [5, 5.41) is 0. The zero-order chi connectivity index (χ0) is 16.3. The van der Waals surface area contributed by atoms with Gasteiger partial charge in [-0.05, 0) is 65.9 Å². The lowest BCUT2D eigenvalue weighted by atomic mass is 9.70. The summed E-state index contributed by atoms with van der Waals surface area (Å²) in [6.45, 7) is 16.7. The van der Waals surface area contributed by atoms with Gasteiger partial charge in [0, 0.05) is 12.0 Å². The van der Waals surface area contributed by atoms with Crippen molar-refractivity contribution in [1.29, 1.82) is 0 Å². The predicted octanol–water partition coefficient (Wildman–Crippen LogP) is 4.80. The second-order valence-corrected chi connectivity index (χ2v) is 9.78. The highest BCUT2D eigenvalue weighted by Crippen LogP contribution is 2.51. The van der Waals surface area contributed by atoms with E-state index >= 15 is 0 Å². The van der Waals surface area contributed by atoms with Gasteiger partial charge in [0.2, 0.25) is 0 Å². The van der Waals surface area contributed by atoms with Crippen molar-refractivity contribution in [2.24, 2.45) is 0 Å². The van der Waals surface area contributed by atoms with Gasteiger partial charge in [0.25, 0.3) is 0 Å². The van der Waals surface area contributed by atoms with E-state index in [2.05, 4.69) is 65.6 Å². The number of hydrogen-bond donors (Lipinski definition) is 0. The molecule has 0 aromatic heterocycles. The molecule has 2 aliphatic rings. The average Bonchev–Trinajstić information content (AvgIpc) is 2.92. The van der Waals surface area contributed by atoms with Gasteiger partial charge in [-0.15, -0.1) is 0 Å². The fourth-order valence-corrected chi connectivity index (χ4v) is 4.82. The molecule has 1 aliphatic heterocycles. The van der Waals surface area contributed by atoms with Crippen LogP contribution < -0.4 is 0 Å². The Balaban J connectivity index is 2.25. The van der Waals surface area contributed by atoms with Gasteiger partial charge < -0.3 is 4.90 Å². The summed E-state index contributed by atoms with van der Waals surface area (Å²) in [6, 6.07) is 4.88. The van der Waals surface area contributed by atoms with Crippen molar-refractivity contribution in [3.05, 3.63) is 34.4 Å². The standard InChI is InChI=1S/C21H33N/c1-19(2,3)16-8-9-17(20(4,5)6)18-15(16)10-11-21(18)12-13-22(7)14-21/h8-9H,10-14H2,1-7H3. The van der Waals surface area contributed by atoms with E-state index in [0.717, 1.165) is 0 Å². The Morgan fingerprint density at radius 2 is 1.50 bits per heavy atom. The molecular formula is C21H33N. The third-order valence-electron chi connectivity index (χ3n) is 5.86. The van der Waals surface area contributed by atoms with Gasteiger partial charge in [0.1, 0.15) is 0 Å². The van der Waals surface area contributed by atoms with Crippen molar-refractivity contribution in [3.63, 3.8) is 0 Å². The Labute approximate surface area is 137 Å². The highest BCUT2D eigenvalue weighted by atomic mass is 15.1. The summed E-state index contributed by atoms with van der Waals surface area (Å²) in [6.07, 6.45) is 3.97. The molecule has 22 heavy (non-hydrogen) atoms. The molecular weight excluding hydrogens is 266 g/mol. The van der Waals surface area contributed by atoms with Gasteiger partial charge in [0.05, 0.1) is 0 Å². The normalized spacial score (nSPS) is 26.0. The summed E-state index contributed by atoms with van der Waals surface area (Å²) in [7, 11) is 2.29. The lowest BCUT2D eigenvalue weighted by Gasteiger charge is -2.34. The molecule has 0 amide bonds. The Bertz CT molecular complexity index is 585. The molecule has 0 saturated carbocycles. The van der Waals surface area contributed by atoms with Crippen LogP contribution in [-0.4, -0.2) is 25.0 Å². The minimum Gasteiger partial charge on any atom is -0.305 e. The van der Waals surface area contributed by atoms with Crippen LogP contribution >= 0.6 is 0 Å². The molecule has 0 radical (unpaired) electrons. The van der Waals surface area contributed by atoms with Crippen molar-refractivity contribution in [1.82, 2.24) is 4.90 Å². The van der Waals surface area contributed by atoms with E-state index in [4.69, 9.17) is 0 Å². The maximum Gasteiger partial charge on any atom is 0.0101 e. The van der Waals surface area contributed by atoms with E-state index in [1.807, 2.05) is 0 Å². The molecule has 1 aliphatic carbocycles. The van der Waals surface area contributed by atoms with E-state index in [-0.39, 0.29) is 10.8 Å². The van der Waals surface area contributed by atoms with Crippen LogP contribution in [0.25, 0.3) is 0 Å². The molecule has 3 rings (SSSR count). The quantitative estimate of drug-likeness (QED) is 0.665. The van der Waals surface area contributed by atoms with Gasteiger partial charge in [-0.2, -0.15) is 0 Å². The smallest absolute Gasteiger partial charge is 0.0101 e. The highest BCUT2D eigenvalue weighted by molar-refractivity contribution is 5.54. The lowest BCUT2D eigenvalue weighted by molar-refractivity contribution is 0.363. The molecule has 1 spiro atoms. The molecule has 1 nitrogen and oxygen atoms in total. The summed E-state index contributed by atoms with van der Waals surface area (Å²) >= 11 is 0. The number of benzene rings is 1. The molecule has 1 heterocycles. The molecule has 1 aromatic carbocycles.